The van der Waals surface area contributed by atoms with Gasteiger partial charge in [0.2, 0.25) is 65.0 Å². The zero-order valence-electron chi connectivity index (χ0n) is 56.7. The van der Waals surface area contributed by atoms with Gasteiger partial charge in [-0.3, -0.25) is 52.7 Å². The SMILES string of the molecule is C/C=C/C[C@@H](C)CC1C(=O)N[C@@H](CC)C(=O)N(C)C(CCl)C(=O)N(C)[C@@H](CC(C)C)C(=O)N[C@H](C(C)C)C(=O)N(C)[C@H](CC(C)C)C(=O)N[C@H](C)C(=O)NC(C)C(=O)N(C)[C@H](CC(C)C)C(=O)N(C)[C@@H](CC(C)C)C(=O)N(C)[C@@H](C(C)C)C(=O)N1C. The summed E-state index contributed by atoms with van der Waals surface area (Å²) in [6.45, 7) is 30.4. The molecule has 4 N–H and O–H groups in total. The third-order valence-electron chi connectivity index (χ3n) is 16.4. The molecule has 492 valence electrons. The lowest BCUT2D eigenvalue weighted by Crippen LogP contribution is -2.62. The number of nitrogens with zero attached hydrogens (tertiary/aromatic N) is 7. The van der Waals surface area contributed by atoms with Crippen LogP contribution in [-0.4, -0.2) is 221 Å². The number of carbonyl (C=O) groups excluding carboxylic acids is 11. The molecular weight excluding hydrogens is 1120 g/mol. The van der Waals surface area contributed by atoms with E-state index in [1.165, 1.54) is 92.6 Å². The number of rotatable bonds is 16. The smallest absolute Gasteiger partial charge is 0.247 e. The molecule has 1 heterocycles. The molecule has 0 aliphatic carbocycles. The molecule has 0 saturated carbocycles. The number of halogens is 1. The van der Waals surface area contributed by atoms with Crippen LogP contribution in [0.4, 0.5) is 0 Å². The molecular formula is C63H112ClN11O11. The van der Waals surface area contributed by atoms with Crippen molar-refractivity contribution in [3.63, 3.8) is 0 Å². The fourth-order valence-corrected chi connectivity index (χ4v) is 11.3. The van der Waals surface area contributed by atoms with Gasteiger partial charge >= 0.3 is 0 Å². The van der Waals surface area contributed by atoms with Crippen LogP contribution < -0.4 is 21.3 Å². The minimum atomic E-state index is -1.34. The summed E-state index contributed by atoms with van der Waals surface area (Å²) < 4.78 is 0. The standard InChI is InChI=1S/C63H112ClN11O11/c1-25-27-28-41(15)33-47-55(78)67-44(26-2)58(81)74(23)50(34-64)61(84)69(18)46(30-36(5)6)56(79)68-51(39(11)12)62(85)70(19)45(29-35(3)4)54(77)65-42(16)53(76)66-43(17)57(80)72(21)48(31-37(7)8)59(82)73(22)49(32-38(9)10)60(83)75(24)52(40(13)14)63(86)71(47)20/h25,27,35-52H,26,28-34H2,1-24H3,(H,65,77)(H,66,76)(H,67,78)(H,68,79)/b27-25+/t41-,42-,43?,44+,45-,46+,47?,48-,49+,50?,51-,52+/m1/s1. The second-order valence-electron chi connectivity index (χ2n) is 26.4. The van der Waals surface area contributed by atoms with Gasteiger partial charge in [-0.25, -0.2) is 0 Å². The van der Waals surface area contributed by atoms with Crippen LogP contribution >= 0.6 is 11.6 Å². The normalized spacial score (nSPS) is 27.2. The fourth-order valence-electron chi connectivity index (χ4n) is 10.9. The van der Waals surface area contributed by atoms with Crippen LogP contribution in [0.3, 0.4) is 0 Å². The van der Waals surface area contributed by atoms with Crippen molar-refractivity contribution in [2.24, 2.45) is 41.4 Å². The number of amides is 11. The summed E-state index contributed by atoms with van der Waals surface area (Å²) in [5, 5.41) is 11.1. The van der Waals surface area contributed by atoms with Gasteiger partial charge in [0, 0.05) is 49.3 Å². The Morgan fingerprint density at radius 2 is 0.767 bits per heavy atom. The first kappa shape index (κ1) is 78.2. The number of nitrogens with one attached hydrogen (secondary N) is 4. The van der Waals surface area contributed by atoms with E-state index in [9.17, 15) is 43.2 Å². The number of alkyl halides is 1. The van der Waals surface area contributed by atoms with Crippen molar-refractivity contribution in [1.29, 1.82) is 0 Å². The Morgan fingerprint density at radius 1 is 0.407 bits per heavy atom. The fraction of sp³-hybridized carbons (Fsp3) is 0.794. The van der Waals surface area contributed by atoms with E-state index in [0.29, 0.717) is 6.42 Å². The highest BCUT2D eigenvalue weighted by molar-refractivity contribution is 6.20. The van der Waals surface area contributed by atoms with E-state index in [2.05, 4.69) is 21.3 Å². The van der Waals surface area contributed by atoms with Gasteiger partial charge in [-0.2, -0.15) is 0 Å². The van der Waals surface area contributed by atoms with Crippen molar-refractivity contribution in [3.05, 3.63) is 12.2 Å². The molecule has 0 bridgehead atoms. The summed E-state index contributed by atoms with van der Waals surface area (Å²) in [4.78, 5) is 170. The monoisotopic (exact) mass is 1230 g/mol. The van der Waals surface area contributed by atoms with Crippen molar-refractivity contribution in [2.45, 2.75) is 229 Å². The van der Waals surface area contributed by atoms with E-state index in [1.54, 1.807) is 34.6 Å². The molecule has 3 unspecified atom stereocenters. The van der Waals surface area contributed by atoms with Crippen LogP contribution in [0, 0.1) is 41.4 Å². The first-order valence-electron chi connectivity index (χ1n) is 31.0. The quantitative estimate of drug-likeness (QED) is 0.119. The van der Waals surface area contributed by atoms with Crippen LogP contribution in [0.5, 0.6) is 0 Å². The molecule has 23 heteroatoms. The average Bonchev–Trinajstić information content (AvgIpc) is 1.27. The first-order chi connectivity index (χ1) is 39.7. The van der Waals surface area contributed by atoms with Crippen LogP contribution in [0.1, 0.15) is 163 Å². The van der Waals surface area contributed by atoms with Crippen molar-refractivity contribution >= 4 is 76.6 Å². The summed E-state index contributed by atoms with van der Waals surface area (Å²) in [6.07, 6.45) is 5.25. The topological polar surface area (TPSA) is 259 Å². The zero-order valence-corrected chi connectivity index (χ0v) is 57.5. The Labute approximate surface area is 520 Å². The van der Waals surface area contributed by atoms with Gasteiger partial charge in [0.05, 0.1) is 5.88 Å². The Kier molecular flexibility index (Phi) is 32.6. The van der Waals surface area contributed by atoms with Crippen LogP contribution in [0.15, 0.2) is 12.2 Å². The lowest BCUT2D eigenvalue weighted by Gasteiger charge is -2.41. The maximum Gasteiger partial charge on any atom is 0.247 e. The highest BCUT2D eigenvalue weighted by atomic mass is 35.5. The number of allylic oxidation sites excluding steroid dienone is 2. The number of hydrogen-bond acceptors (Lipinski definition) is 11. The van der Waals surface area contributed by atoms with Crippen LogP contribution in [-0.2, 0) is 52.7 Å². The van der Waals surface area contributed by atoms with E-state index in [0.717, 1.165) is 4.90 Å². The lowest BCUT2D eigenvalue weighted by molar-refractivity contribution is -0.156. The molecule has 86 heavy (non-hydrogen) atoms. The van der Waals surface area contributed by atoms with Gasteiger partial charge < -0.3 is 55.6 Å². The molecule has 1 rings (SSSR count). The van der Waals surface area contributed by atoms with E-state index < -0.39 is 149 Å². The van der Waals surface area contributed by atoms with Gasteiger partial charge in [0.25, 0.3) is 0 Å². The summed E-state index contributed by atoms with van der Waals surface area (Å²) in [5.74, 6) is -9.15. The predicted octanol–water partition coefficient (Wildman–Crippen LogP) is 4.91. The number of carbonyl (C=O) groups is 11. The first-order valence-corrected chi connectivity index (χ1v) is 31.5. The predicted molar refractivity (Wildman–Crippen MR) is 337 cm³/mol. The van der Waals surface area contributed by atoms with Gasteiger partial charge in [0.1, 0.15) is 66.5 Å². The van der Waals surface area contributed by atoms with Crippen molar-refractivity contribution in [1.82, 2.24) is 55.6 Å². The van der Waals surface area contributed by atoms with Crippen LogP contribution in [0.2, 0.25) is 0 Å². The Balaban J connectivity index is 4.36. The van der Waals surface area contributed by atoms with Gasteiger partial charge in [0.15, 0.2) is 0 Å². The van der Waals surface area contributed by atoms with Crippen LogP contribution in [0.25, 0.3) is 0 Å². The second-order valence-corrected chi connectivity index (χ2v) is 26.7. The second kappa shape index (κ2) is 35.9. The largest absolute Gasteiger partial charge is 0.343 e. The van der Waals surface area contributed by atoms with Gasteiger partial charge in [-0.15, -0.1) is 11.6 Å². The van der Waals surface area contributed by atoms with E-state index in [4.69, 9.17) is 11.6 Å². The number of hydrogen-bond donors (Lipinski definition) is 4. The molecule has 0 aromatic rings. The van der Waals surface area contributed by atoms with Crippen molar-refractivity contribution in [2.75, 3.05) is 55.2 Å². The Bertz CT molecular complexity index is 2350. The minimum absolute atomic E-state index is 0.0635. The Morgan fingerprint density at radius 3 is 1.20 bits per heavy atom. The summed E-state index contributed by atoms with van der Waals surface area (Å²) in [7, 11) is 10.2. The van der Waals surface area contributed by atoms with E-state index in [1.807, 2.05) is 81.4 Å². The van der Waals surface area contributed by atoms with Crippen molar-refractivity contribution in [3.8, 4) is 0 Å². The molecule has 0 aromatic heterocycles. The third-order valence-corrected chi connectivity index (χ3v) is 16.7. The zero-order chi connectivity index (χ0) is 66.7. The molecule has 0 spiro atoms. The maximum atomic E-state index is 15.2. The van der Waals surface area contributed by atoms with Gasteiger partial charge in [-0.1, -0.05) is 109 Å². The third kappa shape index (κ3) is 21.8. The maximum absolute atomic E-state index is 15.2. The summed E-state index contributed by atoms with van der Waals surface area (Å²) >= 11 is 6.56. The molecule has 0 radical (unpaired) electrons. The summed E-state index contributed by atoms with van der Waals surface area (Å²) in [5.41, 5.74) is 0. The molecule has 12 atom stereocenters. The highest BCUT2D eigenvalue weighted by Crippen LogP contribution is 2.26. The van der Waals surface area contributed by atoms with E-state index in [-0.39, 0.29) is 68.1 Å². The van der Waals surface area contributed by atoms with E-state index >= 15 is 9.59 Å². The Hall–Kier alpha value is -5.80. The molecule has 1 aliphatic rings. The molecule has 11 amide bonds. The highest BCUT2D eigenvalue weighted by Gasteiger charge is 2.45. The molecule has 1 aliphatic heterocycles. The molecule has 0 aromatic carbocycles. The minimum Gasteiger partial charge on any atom is -0.343 e. The molecule has 1 fully saturated rings. The average molecular weight is 1240 g/mol. The lowest BCUT2D eigenvalue weighted by atomic mass is 9.93. The number of likely N-dealkylation sites (N-methyl/N-ethyl adjacent to an activating group) is 7. The molecule has 1 saturated heterocycles. The van der Waals surface area contributed by atoms with Crippen molar-refractivity contribution < 1.29 is 52.7 Å². The molecule has 22 nitrogen and oxygen atoms in total. The summed E-state index contributed by atoms with van der Waals surface area (Å²) in [6, 6.07) is -13.1. The van der Waals surface area contributed by atoms with Gasteiger partial charge in [-0.05, 0) is 107 Å².